The topological polar surface area (TPSA) is 24.9 Å². The van der Waals surface area contributed by atoms with E-state index in [9.17, 15) is 0 Å². The molecule has 0 radical (unpaired) electrons. The fourth-order valence-electron chi connectivity index (χ4n) is 1.34. The molecule has 0 bridgehead atoms. The molecule has 16 heavy (non-hydrogen) atoms. The molecule has 0 atom stereocenters. The van der Waals surface area contributed by atoms with Crippen LogP contribution in [-0.4, -0.2) is 4.98 Å². The standard InChI is InChI=1S/C12H10BrClN2/c13-10-3-4-12(14)9(6-10)7-16-11-2-1-5-15-8-11/h1-6,8,16H,7H2. The highest BCUT2D eigenvalue weighted by Crippen LogP contribution is 2.21. The first kappa shape index (κ1) is 11.4. The van der Waals surface area contributed by atoms with Crippen molar-refractivity contribution in [3.05, 3.63) is 57.8 Å². The van der Waals surface area contributed by atoms with Crippen LogP contribution >= 0.6 is 27.5 Å². The minimum atomic E-state index is 0.684. The van der Waals surface area contributed by atoms with Crippen LogP contribution in [0.25, 0.3) is 0 Å². The van der Waals surface area contributed by atoms with E-state index >= 15 is 0 Å². The molecule has 2 aromatic rings. The van der Waals surface area contributed by atoms with Gasteiger partial charge in [0.25, 0.3) is 0 Å². The second-order valence-corrected chi connectivity index (χ2v) is 4.65. The largest absolute Gasteiger partial charge is 0.380 e. The third-order valence-electron chi connectivity index (χ3n) is 2.15. The molecule has 4 heteroatoms. The van der Waals surface area contributed by atoms with Crippen LogP contribution in [0.2, 0.25) is 5.02 Å². The summed E-state index contributed by atoms with van der Waals surface area (Å²) >= 11 is 9.51. The first-order valence-electron chi connectivity index (χ1n) is 4.83. The van der Waals surface area contributed by atoms with Crippen molar-refractivity contribution in [1.82, 2.24) is 4.98 Å². The van der Waals surface area contributed by atoms with E-state index < -0.39 is 0 Å². The predicted octanol–water partition coefficient (Wildman–Crippen LogP) is 4.11. The molecule has 2 rings (SSSR count). The van der Waals surface area contributed by atoms with Crippen molar-refractivity contribution in [2.45, 2.75) is 6.54 Å². The minimum absolute atomic E-state index is 0.684. The summed E-state index contributed by atoms with van der Waals surface area (Å²) in [5.74, 6) is 0. The molecule has 0 aliphatic rings. The van der Waals surface area contributed by atoms with Gasteiger partial charge < -0.3 is 5.32 Å². The maximum atomic E-state index is 6.09. The molecule has 82 valence electrons. The lowest BCUT2D eigenvalue weighted by Crippen LogP contribution is -2.00. The third-order valence-corrected chi connectivity index (χ3v) is 3.01. The third kappa shape index (κ3) is 2.97. The minimum Gasteiger partial charge on any atom is -0.380 e. The van der Waals surface area contributed by atoms with Gasteiger partial charge >= 0.3 is 0 Å². The number of pyridine rings is 1. The molecule has 0 aliphatic heterocycles. The van der Waals surface area contributed by atoms with E-state index in [1.807, 2.05) is 30.3 Å². The molecule has 1 heterocycles. The van der Waals surface area contributed by atoms with Gasteiger partial charge in [-0.15, -0.1) is 0 Å². The Morgan fingerprint density at radius 1 is 1.31 bits per heavy atom. The lowest BCUT2D eigenvalue weighted by atomic mass is 10.2. The maximum absolute atomic E-state index is 6.09. The van der Waals surface area contributed by atoms with Crippen LogP contribution in [0.4, 0.5) is 5.69 Å². The number of hydrogen-bond acceptors (Lipinski definition) is 2. The first-order valence-corrected chi connectivity index (χ1v) is 6.00. The Bertz CT molecular complexity index is 474. The molecule has 0 unspecified atom stereocenters. The van der Waals surface area contributed by atoms with Crippen LogP contribution in [0.3, 0.4) is 0 Å². The Morgan fingerprint density at radius 3 is 2.94 bits per heavy atom. The van der Waals surface area contributed by atoms with Crippen LogP contribution in [0.5, 0.6) is 0 Å². The predicted molar refractivity (Wildman–Crippen MR) is 70.7 cm³/mol. The number of hydrogen-bond donors (Lipinski definition) is 1. The zero-order valence-electron chi connectivity index (χ0n) is 8.45. The van der Waals surface area contributed by atoms with Gasteiger partial charge in [0.15, 0.2) is 0 Å². The zero-order valence-corrected chi connectivity index (χ0v) is 10.8. The molecule has 1 aromatic carbocycles. The van der Waals surface area contributed by atoms with Crippen molar-refractivity contribution in [2.75, 3.05) is 5.32 Å². The molecule has 1 aromatic heterocycles. The Hall–Kier alpha value is -1.06. The highest BCUT2D eigenvalue weighted by molar-refractivity contribution is 9.10. The van der Waals surface area contributed by atoms with Crippen LogP contribution in [0.15, 0.2) is 47.2 Å². The van der Waals surface area contributed by atoms with Gasteiger partial charge in [-0.3, -0.25) is 4.98 Å². The lowest BCUT2D eigenvalue weighted by molar-refractivity contribution is 1.13. The van der Waals surface area contributed by atoms with Crippen molar-refractivity contribution >= 4 is 33.2 Å². The van der Waals surface area contributed by atoms with Gasteiger partial charge in [0.05, 0.1) is 5.69 Å². The second-order valence-electron chi connectivity index (χ2n) is 3.33. The number of benzene rings is 1. The number of nitrogens with one attached hydrogen (secondary N) is 1. The quantitative estimate of drug-likeness (QED) is 0.922. The molecule has 0 fully saturated rings. The van der Waals surface area contributed by atoms with Crippen molar-refractivity contribution in [2.24, 2.45) is 0 Å². The van der Waals surface area contributed by atoms with Gasteiger partial charge in [-0.25, -0.2) is 0 Å². The second kappa shape index (κ2) is 5.32. The highest BCUT2D eigenvalue weighted by atomic mass is 79.9. The monoisotopic (exact) mass is 296 g/mol. The summed E-state index contributed by atoms with van der Waals surface area (Å²) in [5, 5.41) is 4.02. The van der Waals surface area contributed by atoms with Crippen LogP contribution in [0, 0.1) is 0 Å². The maximum Gasteiger partial charge on any atom is 0.0529 e. The van der Waals surface area contributed by atoms with Gasteiger partial charge in [0, 0.05) is 28.4 Å². The number of anilines is 1. The molecule has 0 spiro atoms. The molecular formula is C12H10BrClN2. The van der Waals surface area contributed by atoms with E-state index in [4.69, 9.17) is 11.6 Å². The summed E-state index contributed by atoms with van der Waals surface area (Å²) in [5.41, 5.74) is 2.04. The number of rotatable bonds is 3. The highest BCUT2D eigenvalue weighted by Gasteiger charge is 2.00. The van der Waals surface area contributed by atoms with Crippen molar-refractivity contribution < 1.29 is 0 Å². The van der Waals surface area contributed by atoms with Crippen LogP contribution in [-0.2, 0) is 6.54 Å². The fourth-order valence-corrected chi connectivity index (χ4v) is 1.94. The molecule has 0 amide bonds. The van der Waals surface area contributed by atoms with E-state index in [2.05, 4.69) is 26.2 Å². The van der Waals surface area contributed by atoms with Crippen molar-refractivity contribution in [1.29, 1.82) is 0 Å². The van der Waals surface area contributed by atoms with Gasteiger partial charge in [-0.1, -0.05) is 27.5 Å². The van der Waals surface area contributed by atoms with E-state index in [-0.39, 0.29) is 0 Å². The number of aromatic nitrogens is 1. The summed E-state index contributed by atoms with van der Waals surface area (Å²) < 4.78 is 1.03. The van der Waals surface area contributed by atoms with Gasteiger partial charge in [-0.05, 0) is 35.9 Å². The van der Waals surface area contributed by atoms with Crippen LogP contribution in [0.1, 0.15) is 5.56 Å². The SMILES string of the molecule is Clc1ccc(Br)cc1CNc1cccnc1. The fraction of sp³-hybridized carbons (Fsp3) is 0.0833. The van der Waals surface area contributed by atoms with E-state index in [0.717, 1.165) is 20.7 Å². The van der Waals surface area contributed by atoms with E-state index in [0.29, 0.717) is 6.54 Å². The Kier molecular flexibility index (Phi) is 3.80. The number of nitrogens with zero attached hydrogens (tertiary/aromatic N) is 1. The normalized spacial score (nSPS) is 10.1. The Labute approximate surface area is 108 Å². The number of halogens is 2. The Morgan fingerprint density at radius 2 is 2.19 bits per heavy atom. The summed E-state index contributed by atoms with van der Waals surface area (Å²) in [4.78, 5) is 4.03. The van der Waals surface area contributed by atoms with Gasteiger partial charge in [-0.2, -0.15) is 0 Å². The average Bonchev–Trinajstić information content (AvgIpc) is 2.32. The van der Waals surface area contributed by atoms with E-state index in [1.54, 1.807) is 12.4 Å². The lowest BCUT2D eigenvalue weighted by Gasteiger charge is -2.07. The summed E-state index contributed by atoms with van der Waals surface area (Å²) in [6.07, 6.45) is 3.53. The molecule has 0 saturated heterocycles. The summed E-state index contributed by atoms with van der Waals surface area (Å²) in [6.45, 7) is 0.684. The van der Waals surface area contributed by atoms with Gasteiger partial charge in [0.2, 0.25) is 0 Å². The zero-order chi connectivity index (χ0) is 11.4. The molecular weight excluding hydrogens is 288 g/mol. The van der Waals surface area contributed by atoms with E-state index in [1.165, 1.54) is 0 Å². The molecule has 0 aliphatic carbocycles. The van der Waals surface area contributed by atoms with Crippen molar-refractivity contribution in [3.63, 3.8) is 0 Å². The summed E-state index contributed by atoms with van der Waals surface area (Å²) in [6, 6.07) is 9.68. The first-order chi connectivity index (χ1) is 7.75. The Balaban J connectivity index is 2.08. The van der Waals surface area contributed by atoms with Crippen molar-refractivity contribution in [3.8, 4) is 0 Å². The molecule has 2 nitrogen and oxygen atoms in total. The summed E-state index contributed by atoms with van der Waals surface area (Å²) in [7, 11) is 0. The van der Waals surface area contributed by atoms with Gasteiger partial charge in [0.1, 0.15) is 0 Å². The average molecular weight is 298 g/mol. The molecule has 1 N–H and O–H groups in total. The smallest absolute Gasteiger partial charge is 0.0529 e. The van der Waals surface area contributed by atoms with Crippen LogP contribution < -0.4 is 5.32 Å². The molecule has 0 saturated carbocycles.